The topological polar surface area (TPSA) is 55.8 Å². The molecule has 0 N–H and O–H groups in total. The second-order valence-electron chi connectivity index (χ2n) is 7.67. The maximum absolute atomic E-state index is 13.2. The Hall–Kier alpha value is -2.92. The van der Waals surface area contributed by atoms with E-state index in [0.717, 1.165) is 11.1 Å². The van der Waals surface area contributed by atoms with Gasteiger partial charge >= 0.3 is 5.97 Å². The molecule has 4 atom stereocenters. The van der Waals surface area contributed by atoms with E-state index in [0.29, 0.717) is 13.1 Å². The summed E-state index contributed by atoms with van der Waals surface area (Å²) in [6, 6.07) is 19.4. The first-order valence-corrected chi connectivity index (χ1v) is 9.57. The van der Waals surface area contributed by atoms with Crippen molar-refractivity contribution in [2.75, 3.05) is 6.54 Å². The van der Waals surface area contributed by atoms with E-state index in [-0.39, 0.29) is 24.6 Å². The summed E-state index contributed by atoms with van der Waals surface area (Å²) >= 11 is 0. The maximum atomic E-state index is 13.2. The second-order valence-corrected chi connectivity index (χ2v) is 7.67. The van der Waals surface area contributed by atoms with Gasteiger partial charge in [-0.15, -0.1) is 0 Å². The summed E-state index contributed by atoms with van der Waals surface area (Å²) in [5.74, 6) is -1.48. The Labute approximate surface area is 163 Å². The van der Waals surface area contributed by atoms with Crippen molar-refractivity contribution < 1.29 is 19.1 Å². The standard InChI is InChI=1S/C23H21NO4/c25-21-20-19(22(26)27-14-17-9-5-2-6-10-17)18-11-12-23(20,28-18)15-24(21)13-16-7-3-1-4-8-16/h1-12,18-20H,13-15H2/t18-,19+,20+,23-/m0/s1. The van der Waals surface area contributed by atoms with Crippen LogP contribution in [0.25, 0.3) is 0 Å². The highest BCUT2D eigenvalue weighted by atomic mass is 16.6. The first-order chi connectivity index (χ1) is 13.7. The molecule has 0 aromatic heterocycles. The molecule has 0 aliphatic carbocycles. The number of carbonyl (C=O) groups is 2. The third-order valence-electron chi connectivity index (χ3n) is 5.89. The molecular weight excluding hydrogens is 354 g/mol. The van der Waals surface area contributed by atoms with Crippen LogP contribution < -0.4 is 0 Å². The van der Waals surface area contributed by atoms with Gasteiger partial charge in [-0.25, -0.2) is 0 Å². The summed E-state index contributed by atoms with van der Waals surface area (Å²) in [7, 11) is 0. The van der Waals surface area contributed by atoms with E-state index >= 15 is 0 Å². The Morgan fingerprint density at radius 2 is 1.75 bits per heavy atom. The van der Waals surface area contributed by atoms with Gasteiger partial charge in [0.1, 0.15) is 18.1 Å². The van der Waals surface area contributed by atoms with E-state index in [1.54, 1.807) is 4.90 Å². The highest BCUT2D eigenvalue weighted by Gasteiger charge is 2.67. The monoisotopic (exact) mass is 375 g/mol. The number of rotatable bonds is 5. The molecule has 5 nitrogen and oxygen atoms in total. The van der Waals surface area contributed by atoms with E-state index < -0.39 is 17.4 Å². The van der Waals surface area contributed by atoms with Crippen LogP contribution in [0.5, 0.6) is 0 Å². The number of carbonyl (C=O) groups excluding carboxylic acids is 2. The molecule has 1 amide bonds. The fourth-order valence-electron chi connectivity index (χ4n) is 4.61. The minimum atomic E-state index is -0.701. The average Bonchev–Trinajstić information content (AvgIpc) is 3.36. The lowest BCUT2D eigenvalue weighted by molar-refractivity contribution is -0.155. The summed E-state index contributed by atoms with van der Waals surface area (Å²) in [4.78, 5) is 27.8. The maximum Gasteiger partial charge on any atom is 0.313 e. The van der Waals surface area contributed by atoms with Crippen molar-refractivity contribution in [3.63, 3.8) is 0 Å². The quantitative estimate of drug-likeness (QED) is 0.596. The Morgan fingerprint density at radius 1 is 1.07 bits per heavy atom. The van der Waals surface area contributed by atoms with Crippen molar-refractivity contribution in [2.24, 2.45) is 11.8 Å². The summed E-state index contributed by atoms with van der Waals surface area (Å²) in [6.07, 6.45) is 3.49. The molecule has 5 rings (SSSR count). The van der Waals surface area contributed by atoms with Crippen LogP contribution in [-0.4, -0.2) is 35.0 Å². The van der Waals surface area contributed by atoms with Gasteiger partial charge in [-0.1, -0.05) is 72.8 Å². The number of fused-ring (bicyclic) bond motifs is 1. The minimum absolute atomic E-state index is 0.0302. The van der Waals surface area contributed by atoms with Crippen LogP contribution >= 0.6 is 0 Å². The molecule has 0 unspecified atom stereocenters. The van der Waals surface area contributed by atoms with Crippen LogP contribution in [0.2, 0.25) is 0 Å². The summed E-state index contributed by atoms with van der Waals surface area (Å²) in [5, 5.41) is 0. The molecule has 2 fully saturated rings. The highest BCUT2D eigenvalue weighted by Crippen LogP contribution is 2.52. The third kappa shape index (κ3) is 2.74. The molecule has 28 heavy (non-hydrogen) atoms. The zero-order valence-electron chi connectivity index (χ0n) is 15.4. The lowest BCUT2D eigenvalue weighted by Crippen LogP contribution is -2.39. The van der Waals surface area contributed by atoms with Crippen LogP contribution in [0.1, 0.15) is 11.1 Å². The first-order valence-electron chi connectivity index (χ1n) is 9.57. The van der Waals surface area contributed by atoms with Crippen molar-refractivity contribution in [3.8, 4) is 0 Å². The second kappa shape index (κ2) is 6.60. The van der Waals surface area contributed by atoms with Crippen LogP contribution in [0, 0.1) is 11.8 Å². The molecule has 0 saturated carbocycles. The van der Waals surface area contributed by atoms with Gasteiger partial charge in [-0.3, -0.25) is 9.59 Å². The molecule has 2 bridgehead atoms. The van der Waals surface area contributed by atoms with Gasteiger partial charge < -0.3 is 14.4 Å². The number of hydrogen-bond acceptors (Lipinski definition) is 4. The van der Waals surface area contributed by atoms with Gasteiger partial charge in [0.2, 0.25) is 5.91 Å². The van der Waals surface area contributed by atoms with Crippen molar-refractivity contribution in [1.29, 1.82) is 0 Å². The normalized spacial score (nSPS) is 29.9. The van der Waals surface area contributed by atoms with Crippen molar-refractivity contribution in [1.82, 2.24) is 4.90 Å². The molecule has 5 heteroatoms. The van der Waals surface area contributed by atoms with Crippen LogP contribution in [-0.2, 0) is 32.2 Å². The van der Waals surface area contributed by atoms with E-state index in [2.05, 4.69) is 0 Å². The predicted molar refractivity (Wildman–Crippen MR) is 102 cm³/mol. The number of esters is 1. The summed E-state index contributed by atoms with van der Waals surface area (Å²) in [6.45, 7) is 1.20. The van der Waals surface area contributed by atoms with Crippen molar-refractivity contribution in [3.05, 3.63) is 83.9 Å². The van der Waals surface area contributed by atoms with Crippen molar-refractivity contribution in [2.45, 2.75) is 24.9 Å². The van der Waals surface area contributed by atoms with E-state index in [9.17, 15) is 9.59 Å². The lowest BCUT2D eigenvalue weighted by atomic mass is 9.77. The Bertz CT molecular complexity index is 926. The van der Waals surface area contributed by atoms with Gasteiger partial charge in [-0.05, 0) is 11.1 Å². The van der Waals surface area contributed by atoms with Gasteiger partial charge in [-0.2, -0.15) is 0 Å². The molecule has 2 aromatic carbocycles. The molecule has 0 radical (unpaired) electrons. The number of ether oxygens (including phenoxy) is 2. The van der Waals surface area contributed by atoms with Crippen LogP contribution in [0.3, 0.4) is 0 Å². The molecule has 2 aromatic rings. The highest BCUT2D eigenvalue weighted by molar-refractivity contribution is 5.91. The minimum Gasteiger partial charge on any atom is -0.460 e. The molecule has 1 spiro atoms. The molecule has 3 aliphatic heterocycles. The molecule has 3 heterocycles. The van der Waals surface area contributed by atoms with Gasteiger partial charge in [0, 0.05) is 6.54 Å². The Kier molecular flexibility index (Phi) is 4.05. The average molecular weight is 375 g/mol. The van der Waals surface area contributed by atoms with Crippen LogP contribution in [0.4, 0.5) is 0 Å². The van der Waals surface area contributed by atoms with Crippen LogP contribution in [0.15, 0.2) is 72.8 Å². The van der Waals surface area contributed by atoms with Gasteiger partial charge in [0.15, 0.2) is 0 Å². The number of hydrogen-bond donors (Lipinski definition) is 0. The van der Waals surface area contributed by atoms with E-state index in [1.807, 2.05) is 72.8 Å². The molecule has 3 aliphatic rings. The Balaban J connectivity index is 1.33. The predicted octanol–water partition coefficient (Wildman–Crippen LogP) is 2.71. The Morgan fingerprint density at radius 3 is 2.46 bits per heavy atom. The zero-order chi connectivity index (χ0) is 19.1. The number of likely N-dealkylation sites (tertiary alicyclic amines) is 1. The summed E-state index contributed by atoms with van der Waals surface area (Å²) < 4.78 is 11.7. The first kappa shape index (κ1) is 17.2. The third-order valence-corrected chi connectivity index (χ3v) is 5.89. The fraction of sp³-hybridized carbons (Fsp3) is 0.304. The zero-order valence-corrected chi connectivity index (χ0v) is 15.4. The van der Waals surface area contributed by atoms with E-state index in [4.69, 9.17) is 9.47 Å². The van der Waals surface area contributed by atoms with E-state index in [1.165, 1.54) is 0 Å². The number of nitrogens with zero attached hydrogens (tertiary/aromatic N) is 1. The lowest BCUT2D eigenvalue weighted by Gasteiger charge is -2.22. The fourth-order valence-corrected chi connectivity index (χ4v) is 4.61. The SMILES string of the molecule is O=C(OCc1ccccc1)[C@@H]1[C@@H]2C=C[C@@]3(CN(Cc4ccccc4)C(=O)[C@@H]13)O2. The number of benzene rings is 2. The van der Waals surface area contributed by atoms with Gasteiger partial charge in [0.25, 0.3) is 0 Å². The summed E-state index contributed by atoms with van der Waals surface area (Å²) in [5.41, 5.74) is 1.29. The van der Waals surface area contributed by atoms with Crippen molar-refractivity contribution >= 4 is 11.9 Å². The molecular formula is C23H21NO4. The molecule has 142 valence electrons. The molecule has 2 saturated heterocycles. The van der Waals surface area contributed by atoms with Gasteiger partial charge in [0.05, 0.1) is 18.6 Å². The smallest absolute Gasteiger partial charge is 0.313 e. The number of amides is 1. The largest absolute Gasteiger partial charge is 0.460 e.